The van der Waals surface area contributed by atoms with E-state index in [1.807, 2.05) is 11.8 Å². The lowest BCUT2D eigenvalue weighted by Gasteiger charge is -2.14. The van der Waals surface area contributed by atoms with Crippen molar-refractivity contribution in [1.82, 2.24) is 4.72 Å². The van der Waals surface area contributed by atoms with E-state index in [0.717, 1.165) is 31.1 Å². The van der Waals surface area contributed by atoms with E-state index in [-0.39, 0.29) is 23.0 Å². The number of hydrogen-bond donors (Lipinski definition) is 2. The summed E-state index contributed by atoms with van der Waals surface area (Å²) >= 11 is 1.87. The van der Waals surface area contributed by atoms with E-state index in [1.165, 1.54) is 12.1 Å². The smallest absolute Gasteiger partial charge is 0.240 e. The number of nitrogens with one attached hydrogen (secondary N) is 1. The summed E-state index contributed by atoms with van der Waals surface area (Å²) in [5, 5.41) is 0.524. The summed E-state index contributed by atoms with van der Waals surface area (Å²) in [5.41, 5.74) is 5.63. The summed E-state index contributed by atoms with van der Waals surface area (Å²) in [6.07, 6.45) is 2.73. The van der Waals surface area contributed by atoms with Gasteiger partial charge in [-0.2, -0.15) is 11.8 Å². The number of rotatable bonds is 6. The Morgan fingerprint density at radius 2 is 2.19 bits per heavy atom. The predicted molar refractivity (Wildman–Crippen MR) is 84.2 cm³/mol. The first-order chi connectivity index (χ1) is 9.96. The Balaban J connectivity index is 2.09. The Morgan fingerprint density at radius 1 is 1.43 bits per heavy atom. The highest BCUT2D eigenvalue weighted by Crippen LogP contribution is 2.30. The number of benzene rings is 1. The summed E-state index contributed by atoms with van der Waals surface area (Å²) < 4.78 is 40.8. The fraction of sp³-hybridized carbons (Fsp3) is 0.571. The van der Waals surface area contributed by atoms with Gasteiger partial charge in [0.25, 0.3) is 0 Å². The number of halogens is 1. The van der Waals surface area contributed by atoms with Crippen molar-refractivity contribution in [1.29, 1.82) is 0 Å². The first-order valence-corrected chi connectivity index (χ1v) is 9.62. The molecule has 1 aromatic rings. The Morgan fingerprint density at radius 3 is 2.86 bits per heavy atom. The first kappa shape index (κ1) is 16.7. The molecule has 3 N–H and O–H groups in total. The zero-order chi connectivity index (χ0) is 15.5. The SMILES string of the molecule is CCSC1CCC(NS(=O)(=O)c2ccc(F)c(CN)c2)C1. The van der Waals surface area contributed by atoms with Crippen LogP contribution in [-0.2, 0) is 16.6 Å². The van der Waals surface area contributed by atoms with Crippen LogP contribution in [0.3, 0.4) is 0 Å². The second-order valence-corrected chi connectivity index (χ2v) is 8.46. The van der Waals surface area contributed by atoms with Gasteiger partial charge in [-0.3, -0.25) is 0 Å². The van der Waals surface area contributed by atoms with Crippen LogP contribution < -0.4 is 10.5 Å². The molecule has 0 saturated heterocycles. The third kappa shape index (κ3) is 4.18. The van der Waals surface area contributed by atoms with Crippen LogP contribution >= 0.6 is 11.8 Å². The van der Waals surface area contributed by atoms with E-state index in [9.17, 15) is 12.8 Å². The fourth-order valence-corrected chi connectivity index (χ4v) is 5.07. The maximum Gasteiger partial charge on any atom is 0.240 e. The van der Waals surface area contributed by atoms with Crippen LogP contribution in [0, 0.1) is 5.82 Å². The molecular weight excluding hydrogens is 311 g/mol. The topological polar surface area (TPSA) is 72.2 Å². The van der Waals surface area contributed by atoms with Crippen molar-refractivity contribution < 1.29 is 12.8 Å². The average Bonchev–Trinajstić information content (AvgIpc) is 2.86. The van der Waals surface area contributed by atoms with Gasteiger partial charge in [-0.05, 0) is 43.2 Å². The van der Waals surface area contributed by atoms with Gasteiger partial charge in [0, 0.05) is 23.4 Å². The van der Waals surface area contributed by atoms with Crippen molar-refractivity contribution in [3.8, 4) is 0 Å². The highest BCUT2D eigenvalue weighted by Gasteiger charge is 2.28. The molecule has 0 heterocycles. The van der Waals surface area contributed by atoms with Gasteiger partial charge >= 0.3 is 0 Å². The Labute approximate surface area is 129 Å². The van der Waals surface area contributed by atoms with Crippen LogP contribution in [-0.4, -0.2) is 25.5 Å². The molecule has 21 heavy (non-hydrogen) atoms. The molecule has 0 radical (unpaired) electrons. The number of nitrogens with two attached hydrogens (primary N) is 1. The van der Waals surface area contributed by atoms with Crippen LogP contribution in [0.15, 0.2) is 23.1 Å². The molecule has 2 atom stereocenters. The van der Waals surface area contributed by atoms with E-state index in [4.69, 9.17) is 5.73 Å². The fourth-order valence-electron chi connectivity index (χ4n) is 2.60. The van der Waals surface area contributed by atoms with E-state index in [2.05, 4.69) is 11.6 Å². The normalized spacial score (nSPS) is 22.6. The maximum atomic E-state index is 13.4. The van der Waals surface area contributed by atoms with Gasteiger partial charge in [0.1, 0.15) is 5.82 Å². The maximum absolute atomic E-state index is 13.4. The van der Waals surface area contributed by atoms with Crippen molar-refractivity contribution in [2.45, 2.75) is 48.9 Å². The molecular formula is C14H21FN2O2S2. The van der Waals surface area contributed by atoms with E-state index in [0.29, 0.717) is 5.25 Å². The summed E-state index contributed by atoms with van der Waals surface area (Å²) in [7, 11) is -3.61. The van der Waals surface area contributed by atoms with E-state index >= 15 is 0 Å². The van der Waals surface area contributed by atoms with Crippen LogP contribution in [0.1, 0.15) is 31.7 Å². The quantitative estimate of drug-likeness (QED) is 0.838. The van der Waals surface area contributed by atoms with E-state index in [1.54, 1.807) is 0 Å². The summed E-state index contributed by atoms with van der Waals surface area (Å²) in [6.45, 7) is 2.09. The summed E-state index contributed by atoms with van der Waals surface area (Å²) in [5.74, 6) is 0.568. The lowest BCUT2D eigenvalue weighted by molar-refractivity contribution is 0.551. The number of hydrogen-bond acceptors (Lipinski definition) is 4. The first-order valence-electron chi connectivity index (χ1n) is 7.08. The molecule has 1 saturated carbocycles. The summed E-state index contributed by atoms with van der Waals surface area (Å²) in [6, 6.07) is 3.71. The van der Waals surface area contributed by atoms with Crippen molar-refractivity contribution in [3.63, 3.8) is 0 Å². The van der Waals surface area contributed by atoms with Crippen molar-refractivity contribution in [2.24, 2.45) is 5.73 Å². The molecule has 0 spiro atoms. The predicted octanol–water partition coefficient (Wildman–Crippen LogP) is 2.24. The zero-order valence-corrected chi connectivity index (χ0v) is 13.6. The minimum Gasteiger partial charge on any atom is -0.326 e. The Hall–Kier alpha value is -0.630. The highest BCUT2D eigenvalue weighted by atomic mass is 32.2. The van der Waals surface area contributed by atoms with Crippen LogP contribution in [0.4, 0.5) is 4.39 Å². The summed E-state index contributed by atoms with van der Waals surface area (Å²) in [4.78, 5) is 0.0796. The van der Waals surface area contributed by atoms with E-state index < -0.39 is 15.8 Å². The minimum absolute atomic E-state index is 0.0200. The minimum atomic E-state index is -3.61. The third-order valence-corrected chi connectivity index (χ3v) is 6.41. The molecule has 0 bridgehead atoms. The van der Waals surface area contributed by atoms with Gasteiger partial charge in [0.05, 0.1) is 4.90 Å². The van der Waals surface area contributed by atoms with Gasteiger partial charge in [0.2, 0.25) is 10.0 Å². The number of sulfonamides is 1. The van der Waals surface area contributed by atoms with Gasteiger partial charge in [-0.25, -0.2) is 17.5 Å². The number of thioether (sulfide) groups is 1. The molecule has 1 fully saturated rings. The average molecular weight is 332 g/mol. The molecule has 4 nitrogen and oxygen atoms in total. The molecule has 0 aromatic heterocycles. The second-order valence-electron chi connectivity index (χ2n) is 5.17. The molecule has 2 unspecified atom stereocenters. The largest absolute Gasteiger partial charge is 0.326 e. The van der Waals surface area contributed by atoms with Gasteiger partial charge in [-0.1, -0.05) is 6.92 Å². The lowest BCUT2D eigenvalue weighted by atomic mass is 10.2. The van der Waals surface area contributed by atoms with Crippen molar-refractivity contribution in [2.75, 3.05) is 5.75 Å². The monoisotopic (exact) mass is 332 g/mol. The molecule has 0 aliphatic heterocycles. The van der Waals surface area contributed by atoms with Crippen LogP contribution in [0.5, 0.6) is 0 Å². The van der Waals surface area contributed by atoms with Gasteiger partial charge in [-0.15, -0.1) is 0 Å². The Kier molecular flexibility index (Phi) is 5.65. The molecule has 118 valence electrons. The molecule has 1 aliphatic rings. The Bertz CT molecular complexity index is 593. The van der Waals surface area contributed by atoms with Crippen LogP contribution in [0.25, 0.3) is 0 Å². The second kappa shape index (κ2) is 7.09. The zero-order valence-electron chi connectivity index (χ0n) is 12.0. The van der Waals surface area contributed by atoms with Gasteiger partial charge < -0.3 is 5.73 Å². The third-order valence-electron chi connectivity index (χ3n) is 3.66. The van der Waals surface area contributed by atoms with Crippen LogP contribution in [0.2, 0.25) is 0 Å². The molecule has 1 aromatic carbocycles. The van der Waals surface area contributed by atoms with Crippen molar-refractivity contribution >= 4 is 21.8 Å². The lowest BCUT2D eigenvalue weighted by Crippen LogP contribution is -2.33. The molecule has 0 amide bonds. The molecule has 2 rings (SSSR count). The van der Waals surface area contributed by atoms with Crippen molar-refractivity contribution in [3.05, 3.63) is 29.6 Å². The molecule has 1 aliphatic carbocycles. The standard InChI is InChI=1S/C14H21FN2O2S2/c1-2-20-12-4-3-11(8-12)17-21(18,19)13-5-6-14(15)10(7-13)9-16/h5-7,11-12,17H,2-4,8-9,16H2,1H3. The molecule has 7 heteroatoms. The highest BCUT2D eigenvalue weighted by molar-refractivity contribution is 7.99. The van der Waals surface area contributed by atoms with Gasteiger partial charge in [0.15, 0.2) is 0 Å².